The molecule has 1 aliphatic carbocycles. The number of halogens is 1. The number of ether oxygens (including phenoxy) is 1. The Morgan fingerprint density at radius 2 is 2.11 bits per heavy atom. The Kier molecular flexibility index (Phi) is 6.58. The number of hydrogen-bond donors (Lipinski definition) is 1. The fourth-order valence-electron chi connectivity index (χ4n) is 3.67. The summed E-state index contributed by atoms with van der Waals surface area (Å²) in [5.41, 5.74) is 0.888. The number of morpholine rings is 1. The van der Waals surface area contributed by atoms with Gasteiger partial charge in [-0.3, -0.25) is 9.59 Å². The first-order valence-electron chi connectivity index (χ1n) is 9.72. The summed E-state index contributed by atoms with van der Waals surface area (Å²) >= 11 is 3.51. The zero-order chi connectivity index (χ0) is 19.4. The summed E-state index contributed by atoms with van der Waals surface area (Å²) in [6, 6.07) is 7.79. The van der Waals surface area contributed by atoms with Gasteiger partial charge < -0.3 is 15.0 Å². The minimum Gasteiger partial charge on any atom is -0.482 e. The van der Waals surface area contributed by atoms with Crippen LogP contribution in [0.1, 0.15) is 51.5 Å². The lowest BCUT2D eigenvalue weighted by Gasteiger charge is -2.44. The molecule has 1 aromatic carbocycles. The van der Waals surface area contributed by atoms with Crippen molar-refractivity contribution in [3.8, 4) is 0 Å². The van der Waals surface area contributed by atoms with Crippen LogP contribution in [-0.4, -0.2) is 41.4 Å². The molecule has 2 fully saturated rings. The molecule has 2 aliphatic rings. The Morgan fingerprint density at radius 1 is 1.37 bits per heavy atom. The lowest BCUT2D eigenvalue weighted by Crippen LogP contribution is -2.57. The van der Waals surface area contributed by atoms with E-state index < -0.39 is 0 Å². The van der Waals surface area contributed by atoms with Gasteiger partial charge in [-0.05, 0) is 50.3 Å². The van der Waals surface area contributed by atoms with Crippen molar-refractivity contribution in [3.05, 3.63) is 40.1 Å². The van der Waals surface area contributed by atoms with E-state index in [1.54, 1.807) is 11.0 Å². The number of nitrogens with zero attached hydrogens (tertiary/aromatic N) is 1. The summed E-state index contributed by atoms with van der Waals surface area (Å²) in [5.74, 6) is 0.0127. The third-order valence-corrected chi connectivity index (χ3v) is 6.07. The lowest BCUT2D eigenvalue weighted by molar-refractivity contribution is -0.152. The number of hydrogen-bond acceptors (Lipinski definition) is 3. The van der Waals surface area contributed by atoms with Crippen LogP contribution in [0.5, 0.6) is 0 Å². The Balaban J connectivity index is 1.84. The van der Waals surface area contributed by atoms with Crippen LogP contribution in [0.15, 0.2) is 34.5 Å². The number of benzene rings is 1. The van der Waals surface area contributed by atoms with Crippen molar-refractivity contribution in [1.29, 1.82) is 0 Å². The van der Waals surface area contributed by atoms with E-state index in [1.807, 2.05) is 38.1 Å². The van der Waals surface area contributed by atoms with Gasteiger partial charge in [-0.15, -0.1) is 0 Å². The van der Waals surface area contributed by atoms with Crippen LogP contribution in [0.3, 0.4) is 0 Å². The van der Waals surface area contributed by atoms with E-state index in [9.17, 15) is 9.59 Å². The van der Waals surface area contributed by atoms with Gasteiger partial charge in [0.15, 0.2) is 5.76 Å². The molecule has 3 unspecified atom stereocenters. The van der Waals surface area contributed by atoms with Crippen LogP contribution in [0.25, 0.3) is 6.08 Å². The van der Waals surface area contributed by atoms with Gasteiger partial charge in [0.1, 0.15) is 12.6 Å². The molecule has 1 saturated carbocycles. The molecule has 2 amide bonds. The predicted molar refractivity (Wildman–Crippen MR) is 109 cm³/mol. The molecule has 1 aliphatic heterocycles. The first-order valence-corrected chi connectivity index (χ1v) is 10.5. The van der Waals surface area contributed by atoms with E-state index in [0.717, 1.165) is 42.1 Å². The van der Waals surface area contributed by atoms with Gasteiger partial charge in [0.2, 0.25) is 5.91 Å². The zero-order valence-electron chi connectivity index (χ0n) is 15.9. The van der Waals surface area contributed by atoms with Crippen molar-refractivity contribution in [2.75, 3.05) is 6.54 Å². The smallest absolute Gasteiger partial charge is 0.289 e. The maximum Gasteiger partial charge on any atom is 0.289 e. The Hall–Kier alpha value is -1.82. The fraction of sp³-hybridized carbons (Fsp3) is 0.524. The van der Waals surface area contributed by atoms with E-state index in [4.69, 9.17) is 4.74 Å². The number of carbonyl (C=O) groups is 2. The van der Waals surface area contributed by atoms with Gasteiger partial charge in [0, 0.05) is 10.5 Å². The van der Waals surface area contributed by atoms with Gasteiger partial charge in [0.25, 0.3) is 5.91 Å². The van der Waals surface area contributed by atoms with E-state index in [1.165, 1.54) is 0 Å². The highest BCUT2D eigenvalue weighted by Crippen LogP contribution is 2.33. The number of carbonyl (C=O) groups excluding carboxylic acids is 2. The van der Waals surface area contributed by atoms with Crippen molar-refractivity contribution in [2.24, 2.45) is 0 Å². The SMILES string of the molecule is CCC(C)NC(=O)CN1C(=O)/C(=C\c2ccccc2Br)OC2CCCCC21. The molecule has 0 spiro atoms. The molecule has 0 aromatic heterocycles. The van der Waals surface area contributed by atoms with Crippen molar-refractivity contribution >= 4 is 33.8 Å². The first kappa shape index (κ1) is 19.9. The maximum absolute atomic E-state index is 13.1. The molecule has 1 saturated heterocycles. The van der Waals surface area contributed by atoms with Crippen LogP contribution in [0.2, 0.25) is 0 Å². The third kappa shape index (κ3) is 4.72. The molecular weight excluding hydrogens is 408 g/mol. The summed E-state index contributed by atoms with van der Waals surface area (Å²) in [7, 11) is 0. The van der Waals surface area contributed by atoms with Crippen LogP contribution >= 0.6 is 15.9 Å². The van der Waals surface area contributed by atoms with Gasteiger partial charge in [-0.25, -0.2) is 0 Å². The average Bonchev–Trinajstić information content (AvgIpc) is 2.66. The molecule has 1 N–H and O–H groups in total. The topological polar surface area (TPSA) is 58.6 Å². The third-order valence-electron chi connectivity index (χ3n) is 5.34. The molecular formula is C21H27BrN2O3. The van der Waals surface area contributed by atoms with Crippen LogP contribution in [0.4, 0.5) is 0 Å². The second kappa shape index (κ2) is 8.91. The maximum atomic E-state index is 13.1. The molecule has 146 valence electrons. The standard InChI is InChI=1S/C21H27BrN2O3/c1-3-14(2)23-20(25)13-24-17-10-6-7-11-18(17)27-19(21(24)26)12-15-8-4-5-9-16(15)22/h4-5,8-9,12,14,17-18H,3,6-7,10-11,13H2,1-2H3,(H,23,25)/b19-12+. The second-order valence-electron chi connectivity index (χ2n) is 7.35. The fourth-order valence-corrected chi connectivity index (χ4v) is 4.07. The van der Waals surface area contributed by atoms with Gasteiger partial charge in [0.05, 0.1) is 6.04 Å². The molecule has 6 heteroatoms. The molecule has 5 nitrogen and oxygen atoms in total. The van der Waals surface area contributed by atoms with Crippen molar-refractivity contribution in [3.63, 3.8) is 0 Å². The lowest BCUT2D eigenvalue weighted by atomic mass is 9.89. The van der Waals surface area contributed by atoms with E-state index in [0.29, 0.717) is 5.76 Å². The highest BCUT2D eigenvalue weighted by molar-refractivity contribution is 9.10. The summed E-state index contributed by atoms with van der Waals surface area (Å²) < 4.78 is 7.00. The number of fused-ring (bicyclic) bond motifs is 1. The highest BCUT2D eigenvalue weighted by Gasteiger charge is 2.42. The van der Waals surface area contributed by atoms with Crippen molar-refractivity contribution < 1.29 is 14.3 Å². The Bertz CT molecular complexity index is 734. The number of rotatable bonds is 5. The number of nitrogens with one attached hydrogen (secondary N) is 1. The summed E-state index contributed by atoms with van der Waals surface area (Å²) in [6.45, 7) is 4.09. The molecule has 1 heterocycles. The quantitative estimate of drug-likeness (QED) is 0.715. The van der Waals surface area contributed by atoms with Gasteiger partial charge in [-0.2, -0.15) is 0 Å². The minimum absolute atomic E-state index is 0.0229. The molecule has 27 heavy (non-hydrogen) atoms. The molecule has 1 aromatic rings. The minimum atomic E-state index is -0.201. The Morgan fingerprint density at radius 3 is 2.85 bits per heavy atom. The summed E-state index contributed by atoms with van der Waals surface area (Å²) in [6.07, 6.45) is 6.54. The van der Waals surface area contributed by atoms with Crippen LogP contribution in [-0.2, 0) is 14.3 Å². The summed E-state index contributed by atoms with van der Waals surface area (Å²) in [5, 5.41) is 2.97. The van der Waals surface area contributed by atoms with Crippen LogP contribution in [0, 0.1) is 0 Å². The second-order valence-corrected chi connectivity index (χ2v) is 8.20. The van der Waals surface area contributed by atoms with E-state index in [-0.39, 0.29) is 36.5 Å². The Labute approximate surface area is 169 Å². The molecule has 3 rings (SSSR count). The predicted octanol–water partition coefficient (Wildman–Crippen LogP) is 3.87. The van der Waals surface area contributed by atoms with Crippen LogP contribution < -0.4 is 5.32 Å². The first-order chi connectivity index (χ1) is 13.0. The van der Waals surface area contributed by atoms with Crippen molar-refractivity contribution in [1.82, 2.24) is 10.2 Å². The normalized spacial score (nSPS) is 24.9. The zero-order valence-corrected chi connectivity index (χ0v) is 17.5. The monoisotopic (exact) mass is 434 g/mol. The average molecular weight is 435 g/mol. The molecule has 0 radical (unpaired) electrons. The van der Waals surface area contributed by atoms with Gasteiger partial charge >= 0.3 is 0 Å². The highest BCUT2D eigenvalue weighted by atomic mass is 79.9. The molecule has 3 atom stereocenters. The van der Waals surface area contributed by atoms with E-state index in [2.05, 4.69) is 21.2 Å². The van der Waals surface area contributed by atoms with Gasteiger partial charge in [-0.1, -0.05) is 47.5 Å². The van der Waals surface area contributed by atoms with Crippen molar-refractivity contribution in [2.45, 2.75) is 64.1 Å². The largest absolute Gasteiger partial charge is 0.482 e. The number of amides is 2. The summed E-state index contributed by atoms with van der Waals surface area (Å²) in [4.78, 5) is 27.3. The van der Waals surface area contributed by atoms with E-state index >= 15 is 0 Å². The molecule has 0 bridgehead atoms.